The first kappa shape index (κ1) is 45.6. The molecular formula is C74H58N2. The molecule has 2 nitrogen and oxygen atoms in total. The van der Waals surface area contributed by atoms with E-state index in [0.717, 1.165) is 22.7 Å². The van der Waals surface area contributed by atoms with Crippen LogP contribution in [0.15, 0.2) is 243 Å². The molecule has 0 radical (unpaired) electrons. The van der Waals surface area contributed by atoms with Crippen molar-refractivity contribution < 1.29 is 0 Å². The van der Waals surface area contributed by atoms with Crippen molar-refractivity contribution in [3.63, 3.8) is 0 Å². The predicted octanol–water partition coefficient (Wildman–Crippen LogP) is 20.2. The van der Waals surface area contributed by atoms with E-state index in [1.165, 1.54) is 122 Å². The normalized spacial score (nSPS) is 13.6. The molecule has 0 aliphatic heterocycles. The van der Waals surface area contributed by atoms with Gasteiger partial charge in [-0.3, -0.25) is 0 Å². The minimum absolute atomic E-state index is 0.0486. The SMILES string of the molecule is Cc1ccc(N(c2ccc(-c3ccc4c(c3)C(C)(C)c3cc(C)ccc3-4)cc2)c2ccc(-c3ccc4c5ccccc5n(-c5cccc(-c6cccc(-c7ccc8c(c7)C(C)(C)c7ccccc7-8)c6)c5)c4c3)cc2)cc1. The number of nitrogens with zero attached hydrogens (tertiary/aromatic N) is 2. The van der Waals surface area contributed by atoms with E-state index in [4.69, 9.17) is 0 Å². The Balaban J connectivity index is 0.785. The number of anilines is 3. The maximum absolute atomic E-state index is 2.45. The molecule has 0 N–H and O–H groups in total. The highest BCUT2D eigenvalue weighted by molar-refractivity contribution is 6.10. The Morgan fingerprint density at radius 3 is 1.38 bits per heavy atom. The Morgan fingerprint density at radius 1 is 0.289 bits per heavy atom. The summed E-state index contributed by atoms with van der Waals surface area (Å²) in [5.41, 5.74) is 30.0. The molecule has 0 amide bonds. The third kappa shape index (κ3) is 7.30. The number of aromatic nitrogens is 1. The summed E-state index contributed by atoms with van der Waals surface area (Å²) in [5, 5.41) is 2.48. The lowest BCUT2D eigenvalue weighted by molar-refractivity contribution is 0.660. The van der Waals surface area contributed by atoms with E-state index in [0.29, 0.717) is 0 Å². The Labute approximate surface area is 446 Å². The molecule has 0 atom stereocenters. The van der Waals surface area contributed by atoms with Crippen LogP contribution in [-0.2, 0) is 10.8 Å². The minimum Gasteiger partial charge on any atom is -0.311 e. The first-order valence-electron chi connectivity index (χ1n) is 26.8. The van der Waals surface area contributed by atoms with Crippen LogP contribution in [0.5, 0.6) is 0 Å². The van der Waals surface area contributed by atoms with Gasteiger partial charge in [-0.2, -0.15) is 0 Å². The molecule has 11 aromatic carbocycles. The zero-order valence-corrected chi connectivity index (χ0v) is 44.0. The van der Waals surface area contributed by atoms with E-state index in [1.807, 2.05) is 0 Å². The Hall–Kier alpha value is -8.98. The molecule has 2 heteroatoms. The van der Waals surface area contributed by atoms with Crippen molar-refractivity contribution in [1.82, 2.24) is 4.57 Å². The highest BCUT2D eigenvalue weighted by Crippen LogP contribution is 2.52. The van der Waals surface area contributed by atoms with Crippen LogP contribution in [0.25, 0.3) is 94.3 Å². The summed E-state index contributed by atoms with van der Waals surface area (Å²) in [7, 11) is 0. The van der Waals surface area contributed by atoms with Gasteiger partial charge in [-0.05, 0) is 182 Å². The zero-order valence-electron chi connectivity index (χ0n) is 44.0. The van der Waals surface area contributed by atoms with Crippen molar-refractivity contribution in [3.8, 4) is 72.4 Å². The second-order valence-corrected chi connectivity index (χ2v) is 22.3. The Bertz CT molecular complexity index is 4280. The van der Waals surface area contributed by atoms with Crippen molar-refractivity contribution in [3.05, 3.63) is 276 Å². The molecule has 364 valence electrons. The molecule has 0 fully saturated rings. The summed E-state index contributed by atoms with van der Waals surface area (Å²) < 4.78 is 2.45. The summed E-state index contributed by atoms with van der Waals surface area (Å²) in [6.45, 7) is 13.8. The van der Waals surface area contributed by atoms with Crippen LogP contribution in [0.1, 0.15) is 61.1 Å². The van der Waals surface area contributed by atoms with Crippen LogP contribution in [0, 0.1) is 13.8 Å². The van der Waals surface area contributed by atoms with Gasteiger partial charge in [-0.1, -0.05) is 203 Å². The summed E-state index contributed by atoms with van der Waals surface area (Å²) >= 11 is 0. The number of rotatable bonds is 8. The van der Waals surface area contributed by atoms with Gasteiger partial charge in [-0.15, -0.1) is 0 Å². The fourth-order valence-corrected chi connectivity index (χ4v) is 12.8. The van der Waals surface area contributed by atoms with Crippen molar-refractivity contribution in [2.75, 3.05) is 4.90 Å². The molecular weight excluding hydrogens is 917 g/mol. The van der Waals surface area contributed by atoms with Gasteiger partial charge in [0.2, 0.25) is 0 Å². The summed E-state index contributed by atoms with van der Waals surface area (Å²) in [4.78, 5) is 2.37. The molecule has 1 aromatic heterocycles. The highest BCUT2D eigenvalue weighted by Gasteiger charge is 2.37. The first-order chi connectivity index (χ1) is 37.0. The Kier molecular flexibility index (Phi) is 10.4. The van der Waals surface area contributed by atoms with E-state index in [9.17, 15) is 0 Å². The molecule has 0 bridgehead atoms. The van der Waals surface area contributed by atoms with Crippen molar-refractivity contribution in [1.29, 1.82) is 0 Å². The number of aryl methyl sites for hydroxylation is 2. The van der Waals surface area contributed by atoms with E-state index in [1.54, 1.807) is 0 Å². The second-order valence-electron chi connectivity index (χ2n) is 22.3. The number of hydrogen-bond acceptors (Lipinski definition) is 1. The molecule has 0 saturated carbocycles. The standard InChI is InChI=1S/C74H58N2/c1-47-21-31-57(32-22-47)75(58-33-24-49(25-34-58)54-28-38-64-62-37-23-48(2)41-68(62)74(5,6)70(64)44-54)59-35-26-50(27-36-59)56-30-40-66-65-18-8-10-20-71(65)76(72(66)46-56)60-16-12-15-53(43-60)51-13-11-14-52(42-51)55-29-39-63-61-17-7-9-19-67(61)73(3,4)69(63)45-55/h7-46H,1-6H3. The lowest BCUT2D eigenvalue weighted by Gasteiger charge is -2.26. The average Bonchev–Trinajstić information content (AvgIpc) is 4.10. The smallest absolute Gasteiger partial charge is 0.0547 e. The molecule has 2 aliphatic carbocycles. The molecule has 0 spiro atoms. The van der Waals surface area contributed by atoms with Crippen molar-refractivity contribution in [2.24, 2.45) is 0 Å². The summed E-state index contributed by atoms with van der Waals surface area (Å²) in [5.74, 6) is 0. The highest BCUT2D eigenvalue weighted by atomic mass is 15.1. The number of fused-ring (bicyclic) bond motifs is 9. The van der Waals surface area contributed by atoms with Gasteiger partial charge >= 0.3 is 0 Å². The van der Waals surface area contributed by atoms with Gasteiger partial charge in [0.25, 0.3) is 0 Å². The van der Waals surface area contributed by atoms with Gasteiger partial charge < -0.3 is 9.47 Å². The van der Waals surface area contributed by atoms with E-state index in [2.05, 4.69) is 294 Å². The molecule has 76 heavy (non-hydrogen) atoms. The monoisotopic (exact) mass is 974 g/mol. The average molecular weight is 975 g/mol. The largest absolute Gasteiger partial charge is 0.311 e. The van der Waals surface area contributed by atoms with Crippen LogP contribution in [0.4, 0.5) is 17.1 Å². The van der Waals surface area contributed by atoms with Gasteiger partial charge in [0.05, 0.1) is 11.0 Å². The fourth-order valence-electron chi connectivity index (χ4n) is 12.8. The van der Waals surface area contributed by atoms with E-state index >= 15 is 0 Å². The molecule has 0 saturated heterocycles. The third-order valence-corrected chi connectivity index (χ3v) is 16.9. The number of para-hydroxylation sites is 1. The molecule has 12 aromatic rings. The fraction of sp³-hybridized carbons (Fsp3) is 0.108. The zero-order chi connectivity index (χ0) is 51.5. The molecule has 1 heterocycles. The number of benzene rings is 11. The van der Waals surface area contributed by atoms with Gasteiger partial charge in [0, 0.05) is 44.4 Å². The van der Waals surface area contributed by atoms with E-state index < -0.39 is 0 Å². The summed E-state index contributed by atoms with van der Waals surface area (Å²) in [6, 6.07) is 90.8. The molecule has 2 aliphatic rings. The topological polar surface area (TPSA) is 8.17 Å². The minimum atomic E-state index is -0.0532. The van der Waals surface area contributed by atoms with Gasteiger partial charge in [0.1, 0.15) is 0 Å². The van der Waals surface area contributed by atoms with Gasteiger partial charge in [-0.25, -0.2) is 0 Å². The lowest BCUT2D eigenvalue weighted by atomic mass is 9.81. The van der Waals surface area contributed by atoms with Crippen molar-refractivity contribution >= 4 is 38.9 Å². The predicted molar refractivity (Wildman–Crippen MR) is 322 cm³/mol. The quantitative estimate of drug-likeness (QED) is 0.147. The Morgan fingerprint density at radius 2 is 0.724 bits per heavy atom. The third-order valence-electron chi connectivity index (χ3n) is 16.9. The summed E-state index contributed by atoms with van der Waals surface area (Å²) in [6.07, 6.45) is 0. The van der Waals surface area contributed by atoms with Gasteiger partial charge in [0.15, 0.2) is 0 Å². The van der Waals surface area contributed by atoms with E-state index in [-0.39, 0.29) is 10.8 Å². The van der Waals surface area contributed by atoms with Crippen LogP contribution in [-0.4, -0.2) is 4.57 Å². The first-order valence-corrected chi connectivity index (χ1v) is 26.8. The molecule has 14 rings (SSSR count). The lowest BCUT2D eigenvalue weighted by Crippen LogP contribution is -2.15. The van der Waals surface area contributed by atoms with Crippen LogP contribution in [0.2, 0.25) is 0 Å². The maximum Gasteiger partial charge on any atom is 0.0547 e. The molecule has 0 unspecified atom stereocenters. The van der Waals surface area contributed by atoms with Crippen LogP contribution >= 0.6 is 0 Å². The van der Waals surface area contributed by atoms with Crippen molar-refractivity contribution in [2.45, 2.75) is 52.4 Å². The second kappa shape index (κ2) is 17.3. The van der Waals surface area contributed by atoms with Crippen LogP contribution < -0.4 is 4.90 Å². The van der Waals surface area contributed by atoms with Crippen LogP contribution in [0.3, 0.4) is 0 Å². The number of hydrogen-bond donors (Lipinski definition) is 0. The maximum atomic E-state index is 2.45.